The molecule has 0 aromatic heterocycles. The molecule has 0 aliphatic carbocycles. The third-order valence-corrected chi connectivity index (χ3v) is 4.75. The number of hydrogen-bond donors (Lipinski definition) is 3. The van der Waals surface area contributed by atoms with Gasteiger partial charge in [0.15, 0.2) is 0 Å². The molecule has 1 aromatic carbocycles. The quantitative estimate of drug-likeness (QED) is 0.552. The minimum absolute atomic E-state index is 0.124. The predicted octanol–water partition coefficient (Wildman–Crippen LogP) is -1.88. The lowest BCUT2D eigenvalue weighted by molar-refractivity contribution is -0.120. The second-order valence-electron chi connectivity index (χ2n) is 5.13. The molecule has 0 radical (unpaired) electrons. The SMILES string of the molecule is CNC(=O)NC(=O)CN1C(C(N)=O)=NC2=NS(=O)(=O)c3ccccc3N21. The van der Waals surface area contributed by atoms with E-state index in [4.69, 9.17) is 5.73 Å². The van der Waals surface area contributed by atoms with Gasteiger partial charge in [-0.25, -0.2) is 14.8 Å². The Bertz CT molecular complexity index is 984. The summed E-state index contributed by atoms with van der Waals surface area (Å²) < 4.78 is 28.1. The van der Waals surface area contributed by atoms with E-state index < -0.39 is 34.4 Å². The van der Waals surface area contributed by atoms with Gasteiger partial charge >= 0.3 is 6.03 Å². The number of benzene rings is 1. The fourth-order valence-corrected chi connectivity index (χ4v) is 3.50. The number of guanidine groups is 1. The first-order chi connectivity index (χ1) is 12.2. The van der Waals surface area contributed by atoms with Gasteiger partial charge in [-0.2, -0.15) is 13.4 Å². The number of imide groups is 1. The van der Waals surface area contributed by atoms with E-state index in [1.165, 1.54) is 30.3 Å². The van der Waals surface area contributed by atoms with Crippen LogP contribution in [-0.2, 0) is 19.6 Å². The lowest BCUT2D eigenvalue weighted by Gasteiger charge is -2.32. The molecule has 0 saturated carbocycles. The van der Waals surface area contributed by atoms with Gasteiger partial charge in [-0.3, -0.25) is 14.9 Å². The summed E-state index contributed by atoms with van der Waals surface area (Å²) in [6.07, 6.45) is 0. The Morgan fingerprint density at radius 2 is 1.92 bits per heavy atom. The van der Waals surface area contributed by atoms with Crippen LogP contribution in [0.5, 0.6) is 0 Å². The van der Waals surface area contributed by atoms with E-state index in [1.807, 2.05) is 5.32 Å². The largest absolute Gasteiger partial charge is 0.363 e. The number of urea groups is 1. The molecule has 136 valence electrons. The first kappa shape index (κ1) is 17.3. The highest BCUT2D eigenvalue weighted by atomic mass is 32.2. The van der Waals surface area contributed by atoms with Crippen molar-refractivity contribution in [3.63, 3.8) is 0 Å². The summed E-state index contributed by atoms with van der Waals surface area (Å²) in [6.45, 7) is -0.525. The van der Waals surface area contributed by atoms with Crippen molar-refractivity contribution in [2.24, 2.45) is 15.1 Å². The van der Waals surface area contributed by atoms with Crippen molar-refractivity contribution in [3.8, 4) is 0 Å². The van der Waals surface area contributed by atoms with E-state index in [1.54, 1.807) is 6.07 Å². The van der Waals surface area contributed by atoms with Crippen LogP contribution in [0.25, 0.3) is 0 Å². The lowest BCUT2D eigenvalue weighted by atomic mass is 10.3. The van der Waals surface area contributed by atoms with Crippen LogP contribution in [0.4, 0.5) is 10.5 Å². The van der Waals surface area contributed by atoms with Crippen molar-refractivity contribution in [1.29, 1.82) is 0 Å². The van der Waals surface area contributed by atoms with Crippen LogP contribution in [-0.4, -0.2) is 56.7 Å². The number of amidine groups is 1. The smallest absolute Gasteiger partial charge is 0.321 e. The summed E-state index contributed by atoms with van der Waals surface area (Å²) in [5.74, 6) is -2.48. The number of nitrogens with zero attached hydrogens (tertiary/aromatic N) is 4. The van der Waals surface area contributed by atoms with Crippen LogP contribution in [0.15, 0.2) is 38.6 Å². The highest BCUT2D eigenvalue weighted by molar-refractivity contribution is 7.90. The maximum absolute atomic E-state index is 12.3. The van der Waals surface area contributed by atoms with Gasteiger partial charge in [-0.15, -0.1) is 4.40 Å². The molecular weight excluding hydrogens is 366 g/mol. The second-order valence-corrected chi connectivity index (χ2v) is 6.70. The zero-order valence-corrected chi connectivity index (χ0v) is 14.1. The minimum atomic E-state index is -4.02. The van der Waals surface area contributed by atoms with E-state index in [0.717, 1.165) is 5.01 Å². The van der Waals surface area contributed by atoms with Crippen LogP contribution in [0, 0.1) is 0 Å². The molecule has 2 aliphatic heterocycles. The molecule has 0 saturated heterocycles. The van der Waals surface area contributed by atoms with Crippen LogP contribution >= 0.6 is 0 Å². The number of nitrogens with two attached hydrogens (primary N) is 1. The molecule has 0 atom stereocenters. The molecule has 4 N–H and O–H groups in total. The number of primary amides is 1. The summed E-state index contributed by atoms with van der Waals surface area (Å²) in [5.41, 5.74) is 5.42. The molecule has 4 amide bonds. The normalized spacial score (nSPS) is 16.8. The van der Waals surface area contributed by atoms with Gasteiger partial charge in [0, 0.05) is 7.05 Å². The fraction of sp³-hybridized carbons (Fsp3) is 0.154. The minimum Gasteiger partial charge on any atom is -0.363 e. The topological polar surface area (TPSA) is 167 Å². The molecule has 12 nitrogen and oxygen atoms in total. The Balaban J connectivity index is 2.04. The van der Waals surface area contributed by atoms with Gasteiger partial charge in [0.05, 0.1) is 5.69 Å². The van der Waals surface area contributed by atoms with Gasteiger partial charge in [-0.05, 0) is 12.1 Å². The standard InChI is InChI=1S/C13H13N7O5S/c1-15-13(23)16-9(21)6-19-11(10(14)22)17-12-18-26(24,25)8-5-3-2-4-7(8)20(12)19/h2-5H,6H2,1H3,(H2,14,22)(H2,15,16,21,23). The number of carbonyl (C=O) groups is 3. The number of hydrazine groups is 1. The van der Waals surface area contributed by atoms with Crippen LogP contribution < -0.4 is 21.4 Å². The molecular formula is C13H13N7O5S. The first-order valence-corrected chi connectivity index (χ1v) is 8.60. The van der Waals surface area contributed by atoms with E-state index in [9.17, 15) is 22.8 Å². The first-order valence-electron chi connectivity index (χ1n) is 7.16. The molecule has 0 fully saturated rings. The summed E-state index contributed by atoms with van der Waals surface area (Å²) in [4.78, 5) is 38.7. The van der Waals surface area contributed by atoms with Crippen molar-refractivity contribution in [2.75, 3.05) is 18.6 Å². The van der Waals surface area contributed by atoms with Gasteiger partial charge in [-0.1, -0.05) is 12.1 Å². The maximum Gasteiger partial charge on any atom is 0.321 e. The summed E-state index contributed by atoms with van der Waals surface area (Å²) >= 11 is 0. The Morgan fingerprint density at radius 3 is 2.58 bits per heavy atom. The van der Waals surface area contributed by atoms with Crippen molar-refractivity contribution in [1.82, 2.24) is 15.6 Å². The van der Waals surface area contributed by atoms with E-state index >= 15 is 0 Å². The number of amides is 4. The number of hydrogen-bond acceptors (Lipinski definition) is 8. The Hall–Kier alpha value is -3.48. The van der Waals surface area contributed by atoms with Gasteiger partial charge in [0.25, 0.3) is 21.9 Å². The van der Waals surface area contributed by atoms with Crippen molar-refractivity contribution < 1.29 is 22.8 Å². The van der Waals surface area contributed by atoms with E-state index in [2.05, 4.69) is 14.7 Å². The van der Waals surface area contributed by atoms with E-state index in [-0.39, 0.29) is 22.4 Å². The maximum atomic E-state index is 12.3. The highest BCUT2D eigenvalue weighted by Crippen LogP contribution is 2.34. The Morgan fingerprint density at radius 1 is 1.23 bits per heavy atom. The van der Waals surface area contributed by atoms with Crippen LogP contribution in [0.3, 0.4) is 0 Å². The number of aliphatic imine (C=N–C) groups is 1. The highest BCUT2D eigenvalue weighted by Gasteiger charge is 2.42. The lowest BCUT2D eigenvalue weighted by Crippen LogP contribution is -2.53. The average molecular weight is 379 g/mol. The third kappa shape index (κ3) is 2.83. The van der Waals surface area contributed by atoms with E-state index in [0.29, 0.717) is 0 Å². The number of sulfonamides is 1. The summed E-state index contributed by atoms with van der Waals surface area (Å²) in [7, 11) is -2.70. The molecule has 0 unspecified atom stereocenters. The Labute approximate surface area is 147 Å². The summed E-state index contributed by atoms with van der Waals surface area (Å²) in [5, 5.41) is 6.47. The molecule has 2 heterocycles. The molecule has 26 heavy (non-hydrogen) atoms. The predicted molar refractivity (Wildman–Crippen MR) is 89.5 cm³/mol. The average Bonchev–Trinajstić information content (AvgIpc) is 2.92. The molecule has 13 heteroatoms. The third-order valence-electron chi connectivity index (χ3n) is 3.45. The monoisotopic (exact) mass is 379 g/mol. The number of carbonyl (C=O) groups excluding carboxylic acids is 3. The molecule has 2 aliphatic rings. The summed E-state index contributed by atoms with van der Waals surface area (Å²) in [6, 6.07) is 5.12. The molecule has 0 spiro atoms. The van der Waals surface area contributed by atoms with Crippen molar-refractivity contribution in [2.45, 2.75) is 4.90 Å². The molecule has 0 bridgehead atoms. The fourth-order valence-electron chi connectivity index (χ4n) is 2.40. The zero-order chi connectivity index (χ0) is 19.1. The zero-order valence-electron chi connectivity index (χ0n) is 13.3. The number of nitrogens with one attached hydrogen (secondary N) is 2. The number of fused-ring (bicyclic) bond motifs is 3. The Kier molecular flexibility index (Phi) is 4.07. The number of anilines is 1. The van der Waals surface area contributed by atoms with Gasteiger partial charge < -0.3 is 11.1 Å². The van der Waals surface area contributed by atoms with Crippen molar-refractivity contribution in [3.05, 3.63) is 24.3 Å². The van der Waals surface area contributed by atoms with Gasteiger partial charge in [0.1, 0.15) is 11.4 Å². The van der Waals surface area contributed by atoms with Gasteiger partial charge in [0.2, 0.25) is 11.7 Å². The second kappa shape index (κ2) is 6.11. The number of rotatable bonds is 3. The molecule has 3 rings (SSSR count). The van der Waals surface area contributed by atoms with Crippen molar-refractivity contribution >= 4 is 45.4 Å². The van der Waals surface area contributed by atoms with Crippen LogP contribution in [0.2, 0.25) is 0 Å². The van der Waals surface area contributed by atoms with Crippen LogP contribution in [0.1, 0.15) is 0 Å². The number of para-hydroxylation sites is 1. The molecule has 1 aromatic rings.